The Morgan fingerprint density at radius 1 is 0.585 bits per heavy atom. The van der Waals surface area contributed by atoms with E-state index < -0.39 is 18.0 Å². The molecule has 0 saturated carbocycles. The molecular weight excluding hydrogens is 516 g/mol. The van der Waals surface area contributed by atoms with Crippen LogP contribution in [-0.2, 0) is 0 Å². The summed E-state index contributed by atoms with van der Waals surface area (Å²) >= 11 is 0. The molecule has 5 N–H and O–H groups in total. The quantitative estimate of drug-likeness (QED) is 0.206. The Balaban J connectivity index is 1.83. The van der Waals surface area contributed by atoms with Gasteiger partial charge in [0.05, 0.1) is 28.3 Å². The number of hydrogen-bond donors (Lipinski definition) is 3. The zero-order valence-corrected chi connectivity index (χ0v) is 21.8. The number of urea groups is 2. The number of carboxylic acids is 1. The third-order valence-corrected chi connectivity index (χ3v) is 6.53. The van der Waals surface area contributed by atoms with Gasteiger partial charge in [-0.2, -0.15) is 0 Å². The van der Waals surface area contributed by atoms with Crippen molar-refractivity contribution in [3.8, 4) is 22.3 Å². The van der Waals surface area contributed by atoms with Crippen LogP contribution in [0.3, 0.4) is 0 Å². The molecule has 0 bridgehead atoms. The normalized spacial score (nSPS) is 10.5. The lowest BCUT2D eigenvalue weighted by Crippen LogP contribution is -2.35. The first kappa shape index (κ1) is 26.7. The number of hydrogen-bond acceptors (Lipinski definition) is 3. The smallest absolute Gasteiger partial charge is 0.337 e. The molecule has 0 spiro atoms. The lowest BCUT2D eigenvalue weighted by atomic mass is 9.97. The summed E-state index contributed by atoms with van der Waals surface area (Å²) in [7, 11) is 0. The number of rotatable bonds is 7. The van der Waals surface area contributed by atoms with E-state index in [1.807, 2.05) is 60.7 Å². The number of para-hydroxylation sites is 2. The van der Waals surface area contributed by atoms with Crippen molar-refractivity contribution in [2.45, 2.75) is 0 Å². The largest absolute Gasteiger partial charge is 0.478 e. The molecule has 0 aliphatic carbocycles. The van der Waals surface area contributed by atoms with Crippen LogP contribution in [0.25, 0.3) is 22.3 Å². The topological polar surface area (TPSA) is 130 Å². The minimum atomic E-state index is -1.23. The Kier molecular flexibility index (Phi) is 7.47. The van der Waals surface area contributed by atoms with Crippen LogP contribution < -0.4 is 21.3 Å². The average molecular weight is 542 g/mol. The molecular formula is C33H25N4O4. The number of carbonyl (C=O) groups is 3. The summed E-state index contributed by atoms with van der Waals surface area (Å²) in [5.41, 5.74) is 15.5. The second-order valence-electron chi connectivity index (χ2n) is 9.01. The maximum Gasteiger partial charge on any atom is 0.337 e. The average Bonchev–Trinajstić information content (AvgIpc) is 2.98. The molecule has 5 aromatic rings. The molecule has 201 valence electrons. The highest BCUT2D eigenvalue weighted by atomic mass is 16.4. The van der Waals surface area contributed by atoms with Crippen molar-refractivity contribution in [1.29, 1.82) is 0 Å². The fraction of sp³-hybridized carbons (Fsp3) is 0. The van der Waals surface area contributed by atoms with Crippen LogP contribution in [0.15, 0.2) is 121 Å². The molecule has 5 rings (SSSR count). The third kappa shape index (κ3) is 5.22. The summed E-state index contributed by atoms with van der Waals surface area (Å²) in [6.07, 6.45) is 0. The van der Waals surface area contributed by atoms with Crippen LogP contribution in [0, 0.1) is 6.07 Å². The zero-order valence-electron chi connectivity index (χ0n) is 21.8. The van der Waals surface area contributed by atoms with Gasteiger partial charge in [-0.15, -0.1) is 0 Å². The molecule has 8 heteroatoms. The number of anilines is 4. The minimum absolute atomic E-state index is 0.0668. The van der Waals surface area contributed by atoms with Gasteiger partial charge in [0.25, 0.3) is 0 Å². The Bertz CT molecular complexity index is 1740. The van der Waals surface area contributed by atoms with Crippen LogP contribution in [0.5, 0.6) is 0 Å². The Labute approximate surface area is 236 Å². The third-order valence-electron chi connectivity index (χ3n) is 6.53. The van der Waals surface area contributed by atoms with E-state index >= 15 is 0 Å². The molecule has 0 atom stereocenters. The van der Waals surface area contributed by atoms with Gasteiger partial charge in [-0.05, 0) is 35.4 Å². The summed E-state index contributed by atoms with van der Waals surface area (Å²) in [5.74, 6) is -1.23. The van der Waals surface area contributed by atoms with E-state index in [2.05, 4.69) is 6.07 Å². The highest BCUT2D eigenvalue weighted by Crippen LogP contribution is 2.45. The molecule has 0 fully saturated rings. The van der Waals surface area contributed by atoms with Gasteiger partial charge in [0.1, 0.15) is 0 Å². The maximum atomic E-state index is 13.2. The predicted octanol–water partition coefficient (Wildman–Crippen LogP) is 6.95. The van der Waals surface area contributed by atoms with E-state index in [1.165, 1.54) is 23.1 Å². The van der Waals surface area contributed by atoms with Gasteiger partial charge < -0.3 is 16.6 Å². The molecule has 0 heterocycles. The first-order valence-electron chi connectivity index (χ1n) is 12.6. The van der Waals surface area contributed by atoms with Crippen LogP contribution in [-0.4, -0.2) is 23.1 Å². The number of carboxylic acid groups (broad SMARTS) is 1. The number of carbonyl (C=O) groups excluding carboxylic acids is 2. The highest BCUT2D eigenvalue weighted by molar-refractivity contribution is 6.12. The van der Waals surface area contributed by atoms with Gasteiger partial charge in [-0.25, -0.2) is 14.4 Å². The van der Waals surface area contributed by atoms with Gasteiger partial charge in [0.2, 0.25) is 0 Å². The van der Waals surface area contributed by atoms with Crippen molar-refractivity contribution in [3.63, 3.8) is 0 Å². The van der Waals surface area contributed by atoms with Crippen LogP contribution in [0.2, 0.25) is 0 Å². The Morgan fingerprint density at radius 3 is 1.73 bits per heavy atom. The zero-order chi connectivity index (χ0) is 28.9. The maximum absolute atomic E-state index is 13.2. The standard InChI is InChI=1S/C33H25N4O4/c34-32(40)36(26-18-9-7-16-24(26)22-12-3-1-4-13-22)28-20-11-21-29(30(28)23-14-5-2-6-15-23)37(33(35)41)27-19-10-8-17-25(27)31(38)39/h1-19,21H,(H2,34,40)(H2,35,41)(H,38,39). The predicted molar refractivity (Wildman–Crippen MR) is 159 cm³/mol. The van der Waals surface area contributed by atoms with Crippen molar-refractivity contribution < 1.29 is 19.5 Å². The van der Waals surface area contributed by atoms with E-state index in [0.29, 0.717) is 16.8 Å². The van der Waals surface area contributed by atoms with Gasteiger partial charge in [-0.1, -0.05) is 97.1 Å². The summed E-state index contributed by atoms with van der Waals surface area (Å²) < 4.78 is 0. The molecule has 0 aromatic heterocycles. The number of primary amides is 2. The fourth-order valence-corrected chi connectivity index (χ4v) is 4.82. The molecule has 0 saturated heterocycles. The highest BCUT2D eigenvalue weighted by Gasteiger charge is 2.29. The van der Waals surface area contributed by atoms with Crippen molar-refractivity contribution in [3.05, 3.63) is 133 Å². The van der Waals surface area contributed by atoms with E-state index in [-0.39, 0.29) is 22.6 Å². The second-order valence-corrected chi connectivity index (χ2v) is 9.01. The summed E-state index contributed by atoms with van der Waals surface area (Å²) in [5, 5.41) is 9.88. The monoisotopic (exact) mass is 541 g/mol. The number of amides is 4. The molecule has 8 nitrogen and oxygen atoms in total. The van der Waals surface area contributed by atoms with Crippen molar-refractivity contribution in [2.24, 2.45) is 11.5 Å². The Morgan fingerprint density at radius 2 is 1.12 bits per heavy atom. The molecule has 0 aliphatic heterocycles. The molecule has 41 heavy (non-hydrogen) atoms. The number of aromatic carboxylic acids is 1. The molecule has 4 amide bonds. The SMILES string of the molecule is NC(=O)N(c1[c]ccc(N(C(N)=O)c2ccccc2C(=O)O)c1-c1ccccc1)c1ccccc1-c1ccccc1. The number of nitrogens with zero attached hydrogens (tertiary/aromatic N) is 2. The molecule has 1 radical (unpaired) electrons. The van der Waals surface area contributed by atoms with Gasteiger partial charge in [0.15, 0.2) is 0 Å². The van der Waals surface area contributed by atoms with Crippen molar-refractivity contribution in [2.75, 3.05) is 9.80 Å². The number of benzene rings is 5. The second kappa shape index (κ2) is 11.5. The summed E-state index contributed by atoms with van der Waals surface area (Å²) in [6.45, 7) is 0. The van der Waals surface area contributed by atoms with Crippen LogP contribution >= 0.6 is 0 Å². The van der Waals surface area contributed by atoms with E-state index in [0.717, 1.165) is 16.0 Å². The van der Waals surface area contributed by atoms with Crippen LogP contribution in [0.4, 0.5) is 32.3 Å². The van der Waals surface area contributed by atoms with E-state index in [1.54, 1.807) is 42.5 Å². The molecule has 0 unspecified atom stereocenters. The first-order valence-corrected chi connectivity index (χ1v) is 12.6. The lowest BCUT2D eigenvalue weighted by Gasteiger charge is -2.30. The summed E-state index contributed by atoms with van der Waals surface area (Å²) in [4.78, 5) is 40.8. The first-order chi connectivity index (χ1) is 19.9. The van der Waals surface area contributed by atoms with Gasteiger partial charge in [0, 0.05) is 17.2 Å². The Hall–Kier alpha value is -5.89. The van der Waals surface area contributed by atoms with Crippen molar-refractivity contribution >= 4 is 40.8 Å². The molecule has 0 aliphatic rings. The van der Waals surface area contributed by atoms with E-state index in [9.17, 15) is 19.5 Å². The minimum Gasteiger partial charge on any atom is -0.478 e. The van der Waals surface area contributed by atoms with Gasteiger partial charge >= 0.3 is 18.0 Å². The van der Waals surface area contributed by atoms with Crippen molar-refractivity contribution in [1.82, 2.24) is 0 Å². The van der Waals surface area contributed by atoms with Gasteiger partial charge in [-0.3, -0.25) is 9.80 Å². The van der Waals surface area contributed by atoms with Crippen LogP contribution in [0.1, 0.15) is 10.4 Å². The summed E-state index contributed by atoms with van der Waals surface area (Å²) in [6, 6.07) is 36.5. The lowest BCUT2D eigenvalue weighted by molar-refractivity contribution is 0.0697. The van der Waals surface area contributed by atoms with E-state index in [4.69, 9.17) is 11.5 Å². The number of nitrogens with two attached hydrogens (primary N) is 2. The fourth-order valence-electron chi connectivity index (χ4n) is 4.82. The molecule has 5 aromatic carbocycles.